The fraction of sp³-hybridized carbons (Fsp3) is 0.500. The quantitative estimate of drug-likeness (QED) is 0.666. The molecule has 0 spiro atoms. The Hall–Kier alpha value is -1.44. The van der Waals surface area contributed by atoms with Gasteiger partial charge >= 0.3 is 0 Å². The maximum Gasteiger partial charge on any atom is 0.0475 e. The second kappa shape index (κ2) is 5.94. The van der Waals surface area contributed by atoms with E-state index < -0.39 is 0 Å². The molecule has 0 aliphatic rings. The van der Waals surface area contributed by atoms with Gasteiger partial charge in [-0.1, -0.05) is 32.6 Å². The molecule has 2 heteroatoms. The van der Waals surface area contributed by atoms with Crippen LogP contribution >= 0.6 is 0 Å². The maximum atomic E-state index is 3.39. The highest BCUT2D eigenvalue weighted by atomic mass is 14.8. The van der Waals surface area contributed by atoms with Crippen molar-refractivity contribution in [3.05, 3.63) is 48.0 Å². The van der Waals surface area contributed by atoms with E-state index in [1.54, 1.807) is 0 Å². The minimum atomic E-state index is 0.0841. The number of aromatic amines is 2. The van der Waals surface area contributed by atoms with Crippen molar-refractivity contribution in [3.63, 3.8) is 0 Å². The number of unbranched alkanes of at least 4 members (excludes halogenated alkanes) is 3. The first-order valence-electron chi connectivity index (χ1n) is 7.05. The lowest BCUT2D eigenvalue weighted by molar-refractivity contribution is 0.460. The van der Waals surface area contributed by atoms with Crippen molar-refractivity contribution < 1.29 is 0 Å². The van der Waals surface area contributed by atoms with E-state index in [0.717, 1.165) is 0 Å². The fourth-order valence-electron chi connectivity index (χ4n) is 2.67. The summed E-state index contributed by atoms with van der Waals surface area (Å²) in [6.07, 6.45) is 10.5. The molecule has 2 nitrogen and oxygen atoms in total. The predicted octanol–water partition coefficient (Wildman–Crippen LogP) is 4.62. The largest absolute Gasteiger partial charge is 0.364 e. The molecule has 2 rings (SSSR count). The van der Waals surface area contributed by atoms with Crippen LogP contribution in [0.3, 0.4) is 0 Å². The van der Waals surface area contributed by atoms with Gasteiger partial charge in [0.25, 0.3) is 0 Å². The van der Waals surface area contributed by atoms with Gasteiger partial charge in [-0.05, 0) is 37.6 Å². The molecule has 0 aliphatic heterocycles. The molecule has 0 atom stereocenters. The first-order valence-corrected chi connectivity index (χ1v) is 7.05. The normalized spacial score (nSPS) is 11.9. The average Bonchev–Trinajstić information content (AvgIpc) is 3.05. The summed E-state index contributed by atoms with van der Waals surface area (Å²) < 4.78 is 0. The molecule has 0 saturated carbocycles. The zero-order chi connectivity index (χ0) is 12.8. The fourth-order valence-corrected chi connectivity index (χ4v) is 2.67. The monoisotopic (exact) mass is 244 g/mol. The van der Waals surface area contributed by atoms with Gasteiger partial charge in [-0.3, -0.25) is 0 Å². The summed E-state index contributed by atoms with van der Waals surface area (Å²) in [5.41, 5.74) is 2.70. The second-order valence-electron chi connectivity index (χ2n) is 5.31. The minimum Gasteiger partial charge on any atom is -0.364 e. The van der Waals surface area contributed by atoms with Crippen molar-refractivity contribution in [2.75, 3.05) is 0 Å². The number of nitrogens with one attached hydrogen (secondary N) is 2. The summed E-state index contributed by atoms with van der Waals surface area (Å²) in [7, 11) is 0. The molecule has 0 amide bonds. The lowest BCUT2D eigenvalue weighted by atomic mass is 9.78. The van der Waals surface area contributed by atoms with E-state index in [4.69, 9.17) is 0 Å². The SMILES string of the molecule is CCCCCCC(C)(c1ccc[nH]1)c1ccc[nH]1. The van der Waals surface area contributed by atoms with Gasteiger partial charge in [-0.25, -0.2) is 0 Å². The minimum absolute atomic E-state index is 0.0841. The van der Waals surface area contributed by atoms with Crippen LogP contribution in [0, 0.1) is 0 Å². The van der Waals surface area contributed by atoms with Crippen LogP contribution in [0.25, 0.3) is 0 Å². The van der Waals surface area contributed by atoms with Gasteiger partial charge in [0, 0.05) is 29.2 Å². The number of aromatic nitrogens is 2. The molecule has 18 heavy (non-hydrogen) atoms. The van der Waals surface area contributed by atoms with E-state index in [1.165, 1.54) is 43.5 Å². The summed E-state index contributed by atoms with van der Waals surface area (Å²) >= 11 is 0. The van der Waals surface area contributed by atoms with E-state index >= 15 is 0 Å². The van der Waals surface area contributed by atoms with Gasteiger partial charge in [0.15, 0.2) is 0 Å². The van der Waals surface area contributed by atoms with E-state index in [2.05, 4.69) is 48.1 Å². The van der Waals surface area contributed by atoms with Gasteiger partial charge in [-0.15, -0.1) is 0 Å². The van der Waals surface area contributed by atoms with Crippen LogP contribution < -0.4 is 0 Å². The standard InChI is InChI=1S/C16H24N2/c1-3-4-5-6-11-16(2,14-9-7-12-17-14)15-10-8-13-18-15/h7-10,12-13,17-18H,3-6,11H2,1-2H3. The van der Waals surface area contributed by atoms with Crippen LogP contribution in [0.2, 0.25) is 0 Å². The van der Waals surface area contributed by atoms with Crippen LogP contribution in [0.5, 0.6) is 0 Å². The molecule has 2 aromatic heterocycles. The van der Waals surface area contributed by atoms with Gasteiger partial charge in [0.1, 0.15) is 0 Å². The highest BCUT2D eigenvalue weighted by Crippen LogP contribution is 2.35. The smallest absolute Gasteiger partial charge is 0.0475 e. The summed E-state index contributed by atoms with van der Waals surface area (Å²) in [5.74, 6) is 0. The first kappa shape index (κ1) is 13.0. The number of hydrogen-bond donors (Lipinski definition) is 2. The molecule has 2 heterocycles. The molecular weight excluding hydrogens is 220 g/mol. The Balaban J connectivity index is 2.13. The molecule has 0 fully saturated rings. The van der Waals surface area contributed by atoms with Crippen molar-refractivity contribution in [2.45, 2.75) is 51.4 Å². The van der Waals surface area contributed by atoms with Crippen LogP contribution in [-0.2, 0) is 5.41 Å². The van der Waals surface area contributed by atoms with Crippen LogP contribution in [-0.4, -0.2) is 9.97 Å². The number of H-pyrrole nitrogens is 2. The van der Waals surface area contributed by atoms with Crippen molar-refractivity contribution in [3.8, 4) is 0 Å². The lowest BCUT2D eigenvalue weighted by Gasteiger charge is -2.28. The highest BCUT2D eigenvalue weighted by molar-refractivity contribution is 5.30. The van der Waals surface area contributed by atoms with E-state index in [1.807, 2.05) is 12.4 Å². The van der Waals surface area contributed by atoms with Gasteiger partial charge in [-0.2, -0.15) is 0 Å². The lowest BCUT2D eigenvalue weighted by Crippen LogP contribution is -2.24. The zero-order valence-corrected chi connectivity index (χ0v) is 11.5. The summed E-state index contributed by atoms with van der Waals surface area (Å²) in [5, 5.41) is 0. The topological polar surface area (TPSA) is 31.6 Å². The Morgan fingerprint density at radius 2 is 1.56 bits per heavy atom. The van der Waals surface area contributed by atoms with Crippen molar-refractivity contribution in [2.24, 2.45) is 0 Å². The van der Waals surface area contributed by atoms with Gasteiger partial charge in [0.05, 0.1) is 0 Å². The molecule has 0 radical (unpaired) electrons. The van der Waals surface area contributed by atoms with Crippen molar-refractivity contribution in [1.82, 2.24) is 9.97 Å². The first-order chi connectivity index (χ1) is 8.77. The molecule has 0 aromatic carbocycles. The summed E-state index contributed by atoms with van der Waals surface area (Å²) in [6.45, 7) is 4.59. The molecule has 0 unspecified atom stereocenters. The maximum absolute atomic E-state index is 3.39. The molecule has 2 aromatic rings. The van der Waals surface area contributed by atoms with E-state index in [0.29, 0.717) is 0 Å². The van der Waals surface area contributed by atoms with Gasteiger partial charge in [0.2, 0.25) is 0 Å². The predicted molar refractivity (Wildman–Crippen MR) is 76.8 cm³/mol. The van der Waals surface area contributed by atoms with E-state index in [9.17, 15) is 0 Å². The third-order valence-electron chi connectivity index (χ3n) is 3.92. The zero-order valence-electron chi connectivity index (χ0n) is 11.5. The van der Waals surface area contributed by atoms with Crippen molar-refractivity contribution >= 4 is 0 Å². The molecule has 0 aliphatic carbocycles. The number of hydrogen-bond acceptors (Lipinski definition) is 0. The molecule has 98 valence electrons. The Labute approximate surface area is 110 Å². The third kappa shape index (κ3) is 2.69. The van der Waals surface area contributed by atoms with Crippen LogP contribution in [0.15, 0.2) is 36.7 Å². The summed E-state index contributed by atoms with van der Waals surface area (Å²) in [4.78, 5) is 6.77. The van der Waals surface area contributed by atoms with Gasteiger partial charge < -0.3 is 9.97 Å². The number of rotatable bonds is 7. The second-order valence-corrected chi connectivity index (χ2v) is 5.31. The Morgan fingerprint density at radius 3 is 2.00 bits per heavy atom. The Bertz CT molecular complexity index is 391. The Morgan fingerprint density at radius 1 is 0.944 bits per heavy atom. The molecule has 2 N–H and O–H groups in total. The molecular formula is C16H24N2. The van der Waals surface area contributed by atoms with E-state index in [-0.39, 0.29) is 5.41 Å². The molecule has 0 bridgehead atoms. The average molecular weight is 244 g/mol. The van der Waals surface area contributed by atoms with Crippen molar-refractivity contribution in [1.29, 1.82) is 0 Å². The summed E-state index contributed by atoms with van der Waals surface area (Å²) in [6, 6.07) is 8.56. The van der Waals surface area contributed by atoms with Crippen LogP contribution in [0.1, 0.15) is 57.3 Å². The Kier molecular flexibility index (Phi) is 4.29. The van der Waals surface area contributed by atoms with Crippen LogP contribution in [0.4, 0.5) is 0 Å². The molecule has 0 saturated heterocycles. The highest BCUT2D eigenvalue weighted by Gasteiger charge is 2.30. The third-order valence-corrected chi connectivity index (χ3v) is 3.92.